The highest BCUT2D eigenvalue weighted by atomic mass is 16.6. The molecule has 3 rings (SSSR count). The molecular weight excluding hydrogens is 318 g/mol. The topological polar surface area (TPSA) is 87.1 Å². The molecule has 1 aliphatic rings. The maximum Gasteiger partial charge on any atom is 0.251 e. The number of para-hydroxylation sites is 2. The monoisotopic (exact) mass is 337 g/mol. The number of anilines is 2. The van der Waals surface area contributed by atoms with Crippen LogP contribution in [0.3, 0.4) is 0 Å². The summed E-state index contributed by atoms with van der Waals surface area (Å²) in [5.41, 5.74) is 10.7. The smallest absolute Gasteiger partial charge is 0.251 e. The van der Waals surface area contributed by atoms with Gasteiger partial charge in [0.2, 0.25) is 0 Å². The van der Waals surface area contributed by atoms with Gasteiger partial charge < -0.3 is 4.84 Å². The van der Waals surface area contributed by atoms with Gasteiger partial charge in [0.25, 0.3) is 5.91 Å². The van der Waals surface area contributed by atoms with Gasteiger partial charge in [-0.05, 0) is 31.2 Å². The summed E-state index contributed by atoms with van der Waals surface area (Å²) in [5, 5.41) is 8.04. The van der Waals surface area contributed by atoms with Crippen molar-refractivity contribution in [1.29, 1.82) is 0 Å². The third-order valence-corrected chi connectivity index (χ3v) is 3.67. The first-order valence-electron chi connectivity index (χ1n) is 7.89. The van der Waals surface area contributed by atoms with Crippen molar-refractivity contribution in [2.45, 2.75) is 13.0 Å². The summed E-state index contributed by atoms with van der Waals surface area (Å²) in [6.45, 7) is 1.76. The molecule has 0 bridgehead atoms. The van der Waals surface area contributed by atoms with Gasteiger partial charge in [-0.1, -0.05) is 41.6 Å². The first-order valence-corrected chi connectivity index (χ1v) is 7.89. The van der Waals surface area contributed by atoms with Crippen LogP contribution in [0.4, 0.5) is 11.4 Å². The fourth-order valence-electron chi connectivity index (χ4n) is 2.38. The minimum absolute atomic E-state index is 0.237. The summed E-state index contributed by atoms with van der Waals surface area (Å²) in [5.74, 6) is -0.781. The quantitative estimate of drug-likeness (QED) is 0.558. The molecule has 0 saturated carbocycles. The molecule has 1 aliphatic heterocycles. The molecule has 2 aromatic carbocycles. The van der Waals surface area contributed by atoms with Gasteiger partial charge in [0.15, 0.2) is 6.10 Å². The largest absolute Gasteiger partial charge is 0.385 e. The minimum atomic E-state index is -0.561. The van der Waals surface area contributed by atoms with Gasteiger partial charge in [-0.25, -0.2) is 0 Å². The summed E-state index contributed by atoms with van der Waals surface area (Å²) in [7, 11) is 0. The van der Waals surface area contributed by atoms with E-state index in [0.29, 0.717) is 5.71 Å². The molecule has 0 saturated heterocycles. The highest BCUT2D eigenvalue weighted by molar-refractivity contribution is 6.07. The summed E-state index contributed by atoms with van der Waals surface area (Å²) in [6, 6.07) is 18.9. The van der Waals surface area contributed by atoms with Crippen LogP contribution in [-0.2, 0) is 9.63 Å². The zero-order chi connectivity index (χ0) is 17.5. The third-order valence-electron chi connectivity index (χ3n) is 3.67. The van der Waals surface area contributed by atoms with Crippen molar-refractivity contribution in [1.82, 2.24) is 5.43 Å². The molecule has 0 aliphatic carbocycles. The van der Waals surface area contributed by atoms with Gasteiger partial charge in [-0.15, -0.1) is 0 Å². The molecule has 128 valence electrons. The van der Waals surface area contributed by atoms with E-state index in [1.165, 1.54) is 0 Å². The highest BCUT2D eigenvalue weighted by Crippen LogP contribution is 2.18. The molecule has 3 N–H and O–H groups in total. The molecule has 0 unspecified atom stereocenters. The Kier molecular flexibility index (Phi) is 5.26. The molecule has 1 heterocycles. The second kappa shape index (κ2) is 7.96. The summed E-state index contributed by atoms with van der Waals surface area (Å²) < 4.78 is 0. The SMILES string of the molecule is CC1=NO[C@@H](C=NNc2ccccc2)[C@H]1C(=O)NNc1ccccc1. The number of rotatable bonds is 6. The zero-order valence-electron chi connectivity index (χ0n) is 13.7. The van der Waals surface area contributed by atoms with Crippen LogP contribution >= 0.6 is 0 Å². The van der Waals surface area contributed by atoms with Gasteiger partial charge in [0, 0.05) is 0 Å². The Bertz CT molecular complexity index is 762. The third kappa shape index (κ3) is 4.35. The lowest BCUT2D eigenvalue weighted by molar-refractivity contribution is -0.124. The van der Waals surface area contributed by atoms with E-state index in [1.807, 2.05) is 60.7 Å². The van der Waals surface area contributed by atoms with E-state index >= 15 is 0 Å². The standard InChI is InChI=1S/C18H19N5O2/c1-13-17(18(24)22-21-15-10-6-3-7-11-15)16(25-23-13)12-19-20-14-8-4-2-5-9-14/h2-12,16-17,20-21H,1H3,(H,22,24)/t16-,17-/m0/s1. The van der Waals surface area contributed by atoms with Crippen LogP contribution < -0.4 is 16.3 Å². The number of nitrogens with one attached hydrogen (secondary N) is 3. The molecule has 7 nitrogen and oxygen atoms in total. The second-order valence-corrected chi connectivity index (χ2v) is 5.52. The van der Waals surface area contributed by atoms with Crippen molar-refractivity contribution in [3.8, 4) is 0 Å². The number of oxime groups is 1. The van der Waals surface area contributed by atoms with E-state index in [4.69, 9.17) is 4.84 Å². The Balaban J connectivity index is 1.58. The lowest BCUT2D eigenvalue weighted by Crippen LogP contribution is -2.42. The van der Waals surface area contributed by atoms with E-state index in [9.17, 15) is 4.79 Å². The number of hydrogen-bond donors (Lipinski definition) is 3. The Morgan fingerprint density at radius 1 is 1.08 bits per heavy atom. The van der Waals surface area contributed by atoms with Crippen LogP contribution in [-0.4, -0.2) is 23.9 Å². The second-order valence-electron chi connectivity index (χ2n) is 5.52. The molecule has 2 aromatic rings. The minimum Gasteiger partial charge on any atom is -0.385 e. The van der Waals surface area contributed by atoms with Gasteiger partial charge in [0.05, 0.1) is 23.3 Å². The van der Waals surface area contributed by atoms with E-state index in [2.05, 4.69) is 26.5 Å². The van der Waals surface area contributed by atoms with Gasteiger partial charge >= 0.3 is 0 Å². The molecule has 25 heavy (non-hydrogen) atoms. The predicted molar refractivity (Wildman–Crippen MR) is 98.2 cm³/mol. The number of amides is 1. The number of nitrogens with zero attached hydrogens (tertiary/aromatic N) is 2. The van der Waals surface area contributed by atoms with Crippen molar-refractivity contribution in [3.05, 3.63) is 60.7 Å². The van der Waals surface area contributed by atoms with Crippen molar-refractivity contribution in [2.75, 3.05) is 10.9 Å². The zero-order valence-corrected chi connectivity index (χ0v) is 13.7. The fraction of sp³-hybridized carbons (Fsp3) is 0.167. The van der Waals surface area contributed by atoms with E-state index < -0.39 is 12.0 Å². The fourth-order valence-corrected chi connectivity index (χ4v) is 2.38. The van der Waals surface area contributed by atoms with E-state index in [1.54, 1.807) is 13.1 Å². The average molecular weight is 337 g/mol. The van der Waals surface area contributed by atoms with Crippen molar-refractivity contribution >= 4 is 29.2 Å². The number of hydrogen-bond acceptors (Lipinski definition) is 6. The van der Waals surface area contributed by atoms with E-state index in [-0.39, 0.29) is 5.91 Å². The molecule has 1 amide bonds. The lowest BCUT2D eigenvalue weighted by Gasteiger charge is -2.15. The maximum absolute atomic E-state index is 12.5. The lowest BCUT2D eigenvalue weighted by atomic mass is 9.98. The number of hydrazine groups is 1. The van der Waals surface area contributed by atoms with Crippen molar-refractivity contribution in [3.63, 3.8) is 0 Å². The van der Waals surface area contributed by atoms with Crippen LogP contribution in [0.5, 0.6) is 0 Å². The number of benzene rings is 2. The van der Waals surface area contributed by atoms with Crippen LogP contribution in [0.1, 0.15) is 6.92 Å². The number of hydrazone groups is 1. The molecule has 0 spiro atoms. The van der Waals surface area contributed by atoms with Crippen molar-refractivity contribution in [2.24, 2.45) is 16.2 Å². The maximum atomic E-state index is 12.5. The number of carbonyl (C=O) groups excluding carboxylic acids is 1. The van der Waals surface area contributed by atoms with Gasteiger partial charge in [-0.2, -0.15) is 5.10 Å². The highest BCUT2D eigenvalue weighted by Gasteiger charge is 2.36. The van der Waals surface area contributed by atoms with Crippen LogP contribution in [0.25, 0.3) is 0 Å². The van der Waals surface area contributed by atoms with Gasteiger partial charge in [-0.3, -0.25) is 21.1 Å². The molecule has 0 radical (unpaired) electrons. The Labute approximate surface area is 145 Å². The van der Waals surface area contributed by atoms with Crippen LogP contribution in [0.2, 0.25) is 0 Å². The summed E-state index contributed by atoms with van der Waals surface area (Å²) in [6.07, 6.45) is 0.980. The van der Waals surface area contributed by atoms with Crippen molar-refractivity contribution < 1.29 is 9.63 Å². The number of carbonyl (C=O) groups is 1. The molecular formula is C18H19N5O2. The Morgan fingerprint density at radius 3 is 2.40 bits per heavy atom. The average Bonchev–Trinajstić information content (AvgIpc) is 3.02. The van der Waals surface area contributed by atoms with Gasteiger partial charge in [0.1, 0.15) is 5.92 Å². The normalized spacial score (nSPS) is 19.2. The molecule has 7 heteroatoms. The van der Waals surface area contributed by atoms with Crippen LogP contribution in [0, 0.1) is 5.92 Å². The molecule has 2 atom stereocenters. The molecule has 0 aromatic heterocycles. The first-order chi connectivity index (χ1) is 12.2. The Morgan fingerprint density at radius 2 is 1.72 bits per heavy atom. The first kappa shape index (κ1) is 16.5. The predicted octanol–water partition coefficient (Wildman–Crippen LogP) is 2.62. The van der Waals surface area contributed by atoms with E-state index in [0.717, 1.165) is 11.4 Å². The molecule has 0 fully saturated rings. The summed E-state index contributed by atoms with van der Waals surface area (Å²) >= 11 is 0. The van der Waals surface area contributed by atoms with Crippen LogP contribution in [0.15, 0.2) is 70.9 Å². The Hall–Kier alpha value is -3.35. The summed E-state index contributed by atoms with van der Waals surface area (Å²) in [4.78, 5) is 17.8.